The third kappa shape index (κ3) is 4.63. The molecular formula is C23H24F2N4O2S. The number of ether oxygens (including phenoxy) is 1. The summed E-state index contributed by atoms with van der Waals surface area (Å²) in [5.41, 5.74) is 0.907. The van der Waals surface area contributed by atoms with E-state index in [0.29, 0.717) is 49.8 Å². The van der Waals surface area contributed by atoms with E-state index in [4.69, 9.17) is 17.0 Å². The summed E-state index contributed by atoms with van der Waals surface area (Å²) in [6.45, 7) is 3.99. The maximum absolute atomic E-state index is 14.7. The molecule has 0 aliphatic carbocycles. The van der Waals surface area contributed by atoms with Crippen LogP contribution in [0.25, 0.3) is 17.1 Å². The Labute approximate surface area is 190 Å². The van der Waals surface area contributed by atoms with Gasteiger partial charge in [0.1, 0.15) is 11.6 Å². The summed E-state index contributed by atoms with van der Waals surface area (Å²) >= 11 is 5.66. The monoisotopic (exact) mass is 458 g/mol. The van der Waals surface area contributed by atoms with Gasteiger partial charge in [0.05, 0.1) is 24.9 Å². The Bertz CT molecular complexity index is 1150. The quantitative estimate of drug-likeness (QED) is 0.400. The van der Waals surface area contributed by atoms with Crippen molar-refractivity contribution in [1.82, 2.24) is 19.2 Å². The predicted molar refractivity (Wildman–Crippen MR) is 119 cm³/mol. The third-order valence-corrected chi connectivity index (χ3v) is 5.96. The van der Waals surface area contributed by atoms with Crippen molar-refractivity contribution in [2.75, 3.05) is 19.7 Å². The van der Waals surface area contributed by atoms with Crippen molar-refractivity contribution in [3.8, 4) is 17.1 Å². The molecule has 32 heavy (non-hydrogen) atoms. The fourth-order valence-electron chi connectivity index (χ4n) is 3.91. The van der Waals surface area contributed by atoms with Crippen LogP contribution in [0.2, 0.25) is 0 Å². The lowest BCUT2D eigenvalue weighted by Crippen LogP contribution is -2.38. The number of halogens is 2. The Kier molecular flexibility index (Phi) is 6.76. The van der Waals surface area contributed by atoms with Crippen molar-refractivity contribution >= 4 is 18.2 Å². The highest BCUT2D eigenvalue weighted by Gasteiger charge is 2.27. The second-order valence-electron chi connectivity index (χ2n) is 7.69. The first-order chi connectivity index (χ1) is 15.5. The van der Waals surface area contributed by atoms with Gasteiger partial charge in [-0.2, -0.15) is 0 Å². The molecule has 1 saturated heterocycles. The lowest BCUT2D eigenvalue weighted by Gasteiger charge is -2.30. The van der Waals surface area contributed by atoms with Gasteiger partial charge in [-0.05, 0) is 44.1 Å². The van der Waals surface area contributed by atoms with E-state index in [0.717, 1.165) is 11.6 Å². The fraction of sp³-hybridized carbons (Fsp3) is 0.348. The van der Waals surface area contributed by atoms with Gasteiger partial charge < -0.3 is 4.74 Å². The number of nitrogens with zero attached hydrogens (tertiary/aromatic N) is 4. The highest BCUT2D eigenvalue weighted by Crippen LogP contribution is 2.26. The van der Waals surface area contributed by atoms with E-state index in [1.165, 1.54) is 16.7 Å². The number of carbonyl (C=O) groups excluding carboxylic acids is 1. The molecule has 6 nitrogen and oxygen atoms in total. The normalized spacial score (nSPS) is 15.1. The summed E-state index contributed by atoms with van der Waals surface area (Å²) in [5, 5.41) is 4.68. The number of benzene rings is 2. The second kappa shape index (κ2) is 9.70. The minimum Gasteiger partial charge on any atom is -0.466 e. The average molecular weight is 459 g/mol. The molecule has 0 N–H and O–H groups in total. The molecule has 168 valence electrons. The van der Waals surface area contributed by atoms with Gasteiger partial charge in [-0.3, -0.25) is 14.3 Å². The SMILES string of the molecule is CCOC(=O)C1CCN(Cn2nc(-c3ccccc3)n(-c3ccc(F)cc3F)c2=S)CC1. The number of piperidine rings is 1. The Morgan fingerprint density at radius 3 is 2.53 bits per heavy atom. The van der Waals surface area contributed by atoms with Crippen LogP contribution in [0.5, 0.6) is 0 Å². The molecule has 2 aromatic carbocycles. The topological polar surface area (TPSA) is 52.3 Å². The number of hydrogen-bond donors (Lipinski definition) is 0. The van der Waals surface area contributed by atoms with Gasteiger partial charge in [0.15, 0.2) is 5.82 Å². The third-order valence-electron chi connectivity index (χ3n) is 5.56. The molecule has 9 heteroatoms. The van der Waals surface area contributed by atoms with Crippen LogP contribution in [-0.2, 0) is 16.2 Å². The van der Waals surface area contributed by atoms with Crippen LogP contribution in [0.3, 0.4) is 0 Å². The molecule has 0 atom stereocenters. The van der Waals surface area contributed by atoms with Gasteiger partial charge >= 0.3 is 5.97 Å². The summed E-state index contributed by atoms with van der Waals surface area (Å²) in [6.07, 6.45) is 1.40. The van der Waals surface area contributed by atoms with Crippen LogP contribution in [-0.4, -0.2) is 44.9 Å². The van der Waals surface area contributed by atoms with Gasteiger partial charge in [-0.15, -0.1) is 5.10 Å². The molecule has 1 aliphatic rings. The van der Waals surface area contributed by atoms with E-state index < -0.39 is 11.6 Å². The molecule has 3 aromatic rings. The van der Waals surface area contributed by atoms with Crippen molar-refractivity contribution in [3.63, 3.8) is 0 Å². The van der Waals surface area contributed by atoms with E-state index in [2.05, 4.69) is 10.00 Å². The first-order valence-electron chi connectivity index (χ1n) is 10.6. The van der Waals surface area contributed by atoms with Crippen LogP contribution in [0.1, 0.15) is 19.8 Å². The predicted octanol–water partition coefficient (Wildman–Crippen LogP) is 4.58. The fourth-order valence-corrected chi connectivity index (χ4v) is 4.20. The number of aromatic nitrogens is 3. The van der Waals surface area contributed by atoms with Crippen LogP contribution in [0.4, 0.5) is 8.78 Å². The minimum atomic E-state index is -0.715. The summed E-state index contributed by atoms with van der Waals surface area (Å²) in [4.78, 5) is 14.1. The van der Waals surface area contributed by atoms with Crippen molar-refractivity contribution in [1.29, 1.82) is 0 Å². The summed E-state index contributed by atoms with van der Waals surface area (Å²) in [5.74, 6) is -1.14. The van der Waals surface area contributed by atoms with E-state index >= 15 is 0 Å². The molecule has 1 aliphatic heterocycles. The van der Waals surface area contributed by atoms with Crippen LogP contribution in [0.15, 0.2) is 48.5 Å². The largest absolute Gasteiger partial charge is 0.466 e. The number of rotatable bonds is 6. The Morgan fingerprint density at radius 2 is 1.88 bits per heavy atom. The molecule has 1 fully saturated rings. The molecule has 0 radical (unpaired) electrons. The van der Waals surface area contributed by atoms with Gasteiger partial charge in [-0.25, -0.2) is 13.5 Å². The van der Waals surface area contributed by atoms with E-state index in [9.17, 15) is 13.6 Å². The molecule has 1 aromatic heterocycles. The van der Waals surface area contributed by atoms with Crippen LogP contribution in [0, 0.1) is 22.3 Å². The van der Waals surface area contributed by atoms with Gasteiger partial charge in [-0.1, -0.05) is 30.3 Å². The van der Waals surface area contributed by atoms with Gasteiger partial charge in [0.2, 0.25) is 4.77 Å². The summed E-state index contributed by atoms with van der Waals surface area (Å²) in [7, 11) is 0. The molecule has 0 spiro atoms. The Morgan fingerprint density at radius 1 is 1.16 bits per heavy atom. The lowest BCUT2D eigenvalue weighted by atomic mass is 9.97. The maximum Gasteiger partial charge on any atom is 0.309 e. The molecular weight excluding hydrogens is 434 g/mol. The van der Waals surface area contributed by atoms with Crippen molar-refractivity contribution < 1.29 is 18.3 Å². The molecule has 0 amide bonds. The Balaban J connectivity index is 1.64. The van der Waals surface area contributed by atoms with Crippen LogP contribution < -0.4 is 0 Å². The maximum atomic E-state index is 14.7. The van der Waals surface area contributed by atoms with E-state index in [-0.39, 0.29) is 17.6 Å². The molecule has 0 saturated carbocycles. The van der Waals surface area contributed by atoms with E-state index in [1.807, 2.05) is 30.3 Å². The Hall–Kier alpha value is -2.91. The van der Waals surface area contributed by atoms with Crippen molar-refractivity contribution in [3.05, 3.63) is 64.9 Å². The smallest absolute Gasteiger partial charge is 0.309 e. The molecule has 0 bridgehead atoms. The molecule has 2 heterocycles. The zero-order valence-corrected chi connectivity index (χ0v) is 18.5. The van der Waals surface area contributed by atoms with Gasteiger partial charge in [0, 0.05) is 24.7 Å². The number of esters is 1. The van der Waals surface area contributed by atoms with E-state index in [1.54, 1.807) is 11.6 Å². The second-order valence-corrected chi connectivity index (χ2v) is 8.05. The summed E-state index contributed by atoms with van der Waals surface area (Å²) in [6, 6.07) is 12.7. The average Bonchev–Trinajstić information content (AvgIpc) is 3.11. The number of carbonyl (C=O) groups is 1. The van der Waals surface area contributed by atoms with Crippen molar-refractivity contribution in [2.24, 2.45) is 5.92 Å². The van der Waals surface area contributed by atoms with Crippen molar-refractivity contribution in [2.45, 2.75) is 26.4 Å². The zero-order valence-electron chi connectivity index (χ0n) is 17.7. The highest BCUT2D eigenvalue weighted by molar-refractivity contribution is 7.71. The molecule has 0 unspecified atom stereocenters. The minimum absolute atomic E-state index is 0.0927. The first-order valence-corrected chi connectivity index (χ1v) is 11.0. The molecule has 4 rings (SSSR count). The van der Waals surface area contributed by atoms with Crippen LogP contribution >= 0.6 is 12.2 Å². The lowest BCUT2D eigenvalue weighted by molar-refractivity contribution is -0.149. The standard InChI is InChI=1S/C23H24F2N4O2S/c1-2-31-22(30)17-10-12-27(13-11-17)15-28-23(32)29(20-9-8-18(24)14-19(20)25)21(26-28)16-6-4-3-5-7-16/h3-9,14,17H,2,10-13,15H2,1H3. The van der Waals surface area contributed by atoms with Gasteiger partial charge in [0.25, 0.3) is 0 Å². The highest BCUT2D eigenvalue weighted by atomic mass is 32.1. The zero-order chi connectivity index (χ0) is 22.7. The number of likely N-dealkylation sites (tertiary alicyclic amines) is 1. The first kappa shape index (κ1) is 22.3. The number of hydrogen-bond acceptors (Lipinski definition) is 5. The summed E-state index contributed by atoms with van der Waals surface area (Å²) < 4.78 is 36.8.